The van der Waals surface area contributed by atoms with E-state index in [0.29, 0.717) is 17.6 Å². The lowest BCUT2D eigenvalue weighted by Gasteiger charge is -1.92. The van der Waals surface area contributed by atoms with Crippen LogP contribution in [0.1, 0.15) is 2.74 Å². The van der Waals surface area contributed by atoms with Gasteiger partial charge < -0.3 is 0 Å². The van der Waals surface area contributed by atoms with Crippen molar-refractivity contribution in [2.24, 2.45) is 0 Å². The summed E-state index contributed by atoms with van der Waals surface area (Å²) in [5, 5.41) is 0.752. The summed E-state index contributed by atoms with van der Waals surface area (Å²) in [6.07, 6.45) is 0. The Kier molecular flexibility index (Phi) is 1.56. The van der Waals surface area contributed by atoms with Crippen molar-refractivity contribution < 1.29 is 2.74 Å². The molecular weight excluding hydrogens is 202 g/mol. The molecule has 0 amide bonds. The van der Waals surface area contributed by atoms with Crippen LogP contribution in [0.3, 0.4) is 0 Å². The third-order valence-electron chi connectivity index (χ3n) is 2.16. The SMILES string of the molecule is [2H]c1cccc([2H])c1-c1nc2ccccc2s1. The van der Waals surface area contributed by atoms with Crippen LogP contribution in [0, 0.1) is 0 Å². The standard InChI is InChI=1S/C13H9NS/c1-2-6-10(7-3-1)13-14-11-8-4-5-9-12(11)15-13/h1-9H/i6D,7D. The molecule has 0 saturated heterocycles. The lowest BCUT2D eigenvalue weighted by Crippen LogP contribution is -1.73. The van der Waals surface area contributed by atoms with Crippen LogP contribution in [-0.2, 0) is 0 Å². The first-order chi connectivity index (χ1) is 8.25. The lowest BCUT2D eigenvalue weighted by atomic mass is 10.2. The normalized spacial score (nSPS) is 12.5. The van der Waals surface area contributed by atoms with E-state index >= 15 is 0 Å². The molecule has 0 atom stereocenters. The number of hydrogen-bond donors (Lipinski definition) is 0. The molecule has 0 aliphatic heterocycles. The fourth-order valence-corrected chi connectivity index (χ4v) is 2.39. The molecule has 1 aromatic heterocycles. The zero-order chi connectivity index (χ0) is 11.8. The molecule has 72 valence electrons. The Bertz CT molecular complexity index is 637. The van der Waals surface area contributed by atoms with E-state index in [4.69, 9.17) is 2.74 Å². The van der Waals surface area contributed by atoms with E-state index in [-0.39, 0.29) is 0 Å². The van der Waals surface area contributed by atoms with Gasteiger partial charge in [-0.2, -0.15) is 0 Å². The second-order valence-electron chi connectivity index (χ2n) is 3.18. The number of fused-ring (bicyclic) bond motifs is 1. The third-order valence-corrected chi connectivity index (χ3v) is 3.21. The number of rotatable bonds is 1. The van der Waals surface area contributed by atoms with Crippen LogP contribution >= 0.6 is 11.3 Å². The van der Waals surface area contributed by atoms with E-state index in [1.807, 2.05) is 24.3 Å². The van der Waals surface area contributed by atoms with Gasteiger partial charge in [-0.05, 0) is 12.1 Å². The minimum Gasteiger partial charge on any atom is -0.236 e. The van der Waals surface area contributed by atoms with Gasteiger partial charge in [0, 0.05) is 5.56 Å². The fourth-order valence-electron chi connectivity index (χ4n) is 1.46. The van der Waals surface area contributed by atoms with Crippen molar-refractivity contribution in [3.05, 3.63) is 54.5 Å². The van der Waals surface area contributed by atoms with Crippen molar-refractivity contribution in [2.75, 3.05) is 0 Å². The molecule has 0 bridgehead atoms. The summed E-state index contributed by atoms with van der Waals surface area (Å²) in [6, 6.07) is 13.7. The molecule has 0 N–H and O–H groups in total. The van der Waals surface area contributed by atoms with Crippen LogP contribution in [0.4, 0.5) is 0 Å². The van der Waals surface area contributed by atoms with E-state index in [1.54, 1.807) is 18.2 Å². The van der Waals surface area contributed by atoms with E-state index < -0.39 is 0 Å². The van der Waals surface area contributed by atoms with Gasteiger partial charge in [-0.15, -0.1) is 11.3 Å². The smallest absolute Gasteiger partial charge is 0.124 e. The molecule has 15 heavy (non-hydrogen) atoms. The Morgan fingerprint density at radius 3 is 2.60 bits per heavy atom. The van der Waals surface area contributed by atoms with Gasteiger partial charge in [-0.1, -0.05) is 42.4 Å². The summed E-state index contributed by atoms with van der Waals surface area (Å²) in [4.78, 5) is 4.48. The van der Waals surface area contributed by atoms with Gasteiger partial charge in [0.2, 0.25) is 0 Å². The van der Waals surface area contributed by atoms with Crippen LogP contribution in [0.2, 0.25) is 0 Å². The van der Waals surface area contributed by atoms with Gasteiger partial charge in [0.1, 0.15) is 5.01 Å². The molecule has 3 rings (SSSR count). The number of benzene rings is 2. The number of thiazole rings is 1. The largest absolute Gasteiger partial charge is 0.236 e. The highest BCUT2D eigenvalue weighted by Crippen LogP contribution is 2.29. The van der Waals surface area contributed by atoms with Gasteiger partial charge >= 0.3 is 0 Å². The fraction of sp³-hybridized carbons (Fsp3) is 0. The highest BCUT2D eigenvalue weighted by Gasteiger charge is 2.03. The molecule has 3 aromatic rings. The first-order valence-corrected chi connectivity index (χ1v) is 5.49. The van der Waals surface area contributed by atoms with Gasteiger partial charge in [0.05, 0.1) is 13.0 Å². The van der Waals surface area contributed by atoms with Crippen LogP contribution < -0.4 is 0 Å². The van der Waals surface area contributed by atoms with Gasteiger partial charge in [-0.3, -0.25) is 0 Å². The number of hydrogen-bond acceptors (Lipinski definition) is 2. The molecule has 0 unspecified atom stereocenters. The number of para-hydroxylation sites is 1. The maximum Gasteiger partial charge on any atom is 0.124 e. The second kappa shape index (κ2) is 3.48. The van der Waals surface area contributed by atoms with Crippen molar-refractivity contribution in [3.8, 4) is 10.6 Å². The van der Waals surface area contributed by atoms with Crippen molar-refractivity contribution in [1.29, 1.82) is 0 Å². The Balaban J connectivity index is 2.27. The predicted octanol–water partition coefficient (Wildman–Crippen LogP) is 3.96. The Morgan fingerprint density at radius 1 is 1.00 bits per heavy atom. The molecule has 0 aliphatic carbocycles. The quantitative estimate of drug-likeness (QED) is 0.596. The minimum atomic E-state index is 0.358. The average Bonchev–Trinajstić information content (AvgIpc) is 2.71. The molecule has 1 nitrogen and oxygen atoms in total. The van der Waals surface area contributed by atoms with Crippen LogP contribution in [0.5, 0.6) is 0 Å². The summed E-state index contributed by atoms with van der Waals surface area (Å²) >= 11 is 1.53. The summed E-state index contributed by atoms with van der Waals surface area (Å²) in [7, 11) is 0. The third kappa shape index (κ3) is 1.53. The zero-order valence-corrected chi connectivity index (χ0v) is 8.71. The first-order valence-electron chi connectivity index (χ1n) is 5.68. The van der Waals surface area contributed by atoms with Gasteiger partial charge in [-0.25, -0.2) is 4.98 Å². The molecule has 0 spiro atoms. The van der Waals surface area contributed by atoms with Crippen LogP contribution in [0.15, 0.2) is 54.5 Å². The Labute approximate surface area is 94.8 Å². The zero-order valence-electron chi connectivity index (χ0n) is 9.90. The van der Waals surface area contributed by atoms with E-state index in [1.165, 1.54) is 11.3 Å². The van der Waals surface area contributed by atoms with Crippen molar-refractivity contribution in [2.45, 2.75) is 0 Å². The Hall–Kier alpha value is -1.67. The van der Waals surface area contributed by atoms with Crippen LogP contribution in [0.25, 0.3) is 20.8 Å². The van der Waals surface area contributed by atoms with E-state index in [9.17, 15) is 0 Å². The molecule has 0 saturated carbocycles. The van der Waals surface area contributed by atoms with Crippen molar-refractivity contribution in [1.82, 2.24) is 4.98 Å². The first kappa shape index (κ1) is 6.75. The summed E-state index contributed by atoms with van der Waals surface area (Å²) in [5.74, 6) is 0. The molecule has 1 heterocycles. The Morgan fingerprint density at radius 2 is 1.80 bits per heavy atom. The topological polar surface area (TPSA) is 12.9 Å². The van der Waals surface area contributed by atoms with Crippen molar-refractivity contribution in [3.63, 3.8) is 0 Å². The van der Waals surface area contributed by atoms with E-state index in [2.05, 4.69) is 4.98 Å². The molecule has 0 fully saturated rings. The van der Waals surface area contributed by atoms with Gasteiger partial charge in [0.15, 0.2) is 0 Å². The van der Waals surface area contributed by atoms with Gasteiger partial charge in [0.25, 0.3) is 0 Å². The maximum absolute atomic E-state index is 7.87. The predicted molar refractivity (Wildman–Crippen MR) is 65.1 cm³/mol. The molecular formula is C13H9NS. The monoisotopic (exact) mass is 213 g/mol. The van der Waals surface area contributed by atoms with E-state index in [0.717, 1.165) is 15.2 Å². The van der Waals surface area contributed by atoms with Crippen LogP contribution in [-0.4, -0.2) is 4.98 Å². The summed E-state index contributed by atoms with van der Waals surface area (Å²) in [6.45, 7) is 0. The average molecular weight is 213 g/mol. The summed E-state index contributed by atoms with van der Waals surface area (Å²) in [5.41, 5.74) is 1.55. The highest BCUT2D eigenvalue weighted by atomic mass is 32.1. The number of nitrogens with zero attached hydrogens (tertiary/aromatic N) is 1. The molecule has 0 radical (unpaired) electrons. The lowest BCUT2D eigenvalue weighted by molar-refractivity contribution is 1.48. The maximum atomic E-state index is 7.87. The second-order valence-corrected chi connectivity index (χ2v) is 4.21. The number of aromatic nitrogens is 1. The summed E-state index contributed by atoms with van der Waals surface area (Å²) < 4.78 is 16.8. The minimum absolute atomic E-state index is 0.358. The van der Waals surface area contributed by atoms with Crippen molar-refractivity contribution >= 4 is 21.6 Å². The molecule has 0 aliphatic rings. The molecule has 2 aromatic carbocycles. The highest BCUT2D eigenvalue weighted by molar-refractivity contribution is 7.21. The molecule has 2 heteroatoms.